The lowest BCUT2D eigenvalue weighted by Gasteiger charge is -2.27. The molecule has 0 saturated carbocycles. The van der Waals surface area contributed by atoms with Gasteiger partial charge in [0, 0.05) is 27.5 Å². The topological polar surface area (TPSA) is 16.4 Å². The molecule has 0 unspecified atom stereocenters. The fourth-order valence-electron chi connectivity index (χ4n) is 5.37. The summed E-state index contributed by atoms with van der Waals surface area (Å²) in [7, 11) is 0. The minimum absolute atomic E-state index is 0.0905. The number of rotatable bonds is 5. The van der Waals surface area contributed by atoms with Crippen LogP contribution in [0.2, 0.25) is 0 Å². The molecule has 1 heterocycles. The van der Waals surface area contributed by atoms with Crippen LogP contribution in [-0.4, -0.2) is 0 Å². The molecule has 0 atom stereocenters. The molecule has 2 nitrogen and oxygen atoms in total. The Morgan fingerprint density at radius 2 is 1.02 bits per heavy atom. The van der Waals surface area contributed by atoms with E-state index in [0.717, 1.165) is 16.2 Å². The Bertz CT molecular complexity index is 2590. The molecular weight excluding hydrogens is 510 g/mol. The summed E-state index contributed by atoms with van der Waals surface area (Å²) in [4.78, 5) is 1.36. The minimum Gasteiger partial charge on any atom is -0.456 e. The first-order valence-electron chi connectivity index (χ1n) is 17.6. The number of nitrogens with zero attached hydrogens (tertiary/aromatic N) is 1. The van der Waals surface area contributed by atoms with Gasteiger partial charge < -0.3 is 9.32 Å². The number of hydrogen-bond acceptors (Lipinski definition) is 2. The zero-order valence-electron chi connectivity index (χ0n) is 30.3. The van der Waals surface area contributed by atoms with Gasteiger partial charge in [0.1, 0.15) is 11.2 Å². The van der Waals surface area contributed by atoms with Gasteiger partial charge in [-0.3, -0.25) is 0 Å². The van der Waals surface area contributed by atoms with Gasteiger partial charge in [-0.25, -0.2) is 0 Å². The van der Waals surface area contributed by atoms with Crippen LogP contribution >= 0.6 is 0 Å². The summed E-state index contributed by atoms with van der Waals surface area (Å²) in [5.41, 5.74) is 2.54. The van der Waals surface area contributed by atoms with Crippen molar-refractivity contribution in [1.29, 1.82) is 0 Å². The molecule has 0 radical (unpaired) electrons. The molecule has 0 aliphatic heterocycles. The average Bonchev–Trinajstić information content (AvgIpc) is 3.51. The van der Waals surface area contributed by atoms with E-state index in [2.05, 4.69) is 0 Å². The zero-order valence-corrected chi connectivity index (χ0v) is 22.3. The van der Waals surface area contributed by atoms with Crippen molar-refractivity contribution < 1.29 is 15.4 Å². The first kappa shape index (κ1) is 17.3. The predicted molar refractivity (Wildman–Crippen MR) is 177 cm³/mol. The van der Waals surface area contributed by atoms with Crippen LogP contribution in [0.5, 0.6) is 0 Å². The smallest absolute Gasteiger partial charge is 0.135 e. The van der Waals surface area contributed by atoms with Crippen molar-refractivity contribution in [2.75, 3.05) is 4.90 Å². The Labute approximate surface area is 255 Å². The molecule has 0 spiro atoms. The zero-order chi connectivity index (χ0) is 34.8. The Morgan fingerprint density at radius 3 is 1.79 bits per heavy atom. The summed E-state index contributed by atoms with van der Waals surface area (Å²) in [6.45, 7) is 0. The van der Waals surface area contributed by atoms with Crippen molar-refractivity contribution in [3.05, 3.63) is 164 Å². The third-order valence-electron chi connectivity index (χ3n) is 7.41. The minimum atomic E-state index is -0.393. The molecule has 2 heteroatoms. The van der Waals surface area contributed by atoms with Crippen LogP contribution in [0.15, 0.2) is 168 Å². The molecule has 7 aromatic carbocycles. The second-order valence-corrected chi connectivity index (χ2v) is 9.96. The van der Waals surface area contributed by atoms with Gasteiger partial charge in [-0.05, 0) is 76.1 Å². The monoisotopic (exact) mass is 545 g/mol. The second kappa shape index (κ2) is 10.1. The second-order valence-electron chi connectivity index (χ2n) is 9.96. The van der Waals surface area contributed by atoms with Crippen molar-refractivity contribution in [3.63, 3.8) is 0 Å². The number of hydrogen-bond donors (Lipinski definition) is 0. The van der Waals surface area contributed by atoms with Crippen molar-refractivity contribution in [3.8, 4) is 22.3 Å². The van der Waals surface area contributed by atoms with Crippen LogP contribution < -0.4 is 4.90 Å². The van der Waals surface area contributed by atoms with Crippen molar-refractivity contribution >= 4 is 49.8 Å². The van der Waals surface area contributed by atoms with E-state index in [9.17, 15) is 8.22 Å². The maximum atomic E-state index is 9.38. The van der Waals surface area contributed by atoms with Gasteiger partial charge in [0.15, 0.2) is 0 Å². The summed E-state index contributed by atoms with van der Waals surface area (Å²) >= 11 is 0. The van der Waals surface area contributed by atoms with Gasteiger partial charge in [0.05, 0.1) is 16.7 Å². The van der Waals surface area contributed by atoms with E-state index in [1.165, 1.54) is 4.90 Å². The molecule has 1 aromatic heterocycles. The van der Waals surface area contributed by atoms with Crippen molar-refractivity contribution in [2.45, 2.75) is 0 Å². The number of fused-ring (bicyclic) bond motifs is 4. The van der Waals surface area contributed by atoms with Gasteiger partial charge in [-0.2, -0.15) is 0 Å². The third-order valence-corrected chi connectivity index (χ3v) is 7.41. The van der Waals surface area contributed by atoms with Crippen LogP contribution in [0, 0.1) is 0 Å². The van der Waals surface area contributed by atoms with E-state index < -0.39 is 12.1 Å². The highest BCUT2D eigenvalue weighted by molar-refractivity contribution is 6.06. The molecule has 8 aromatic rings. The van der Waals surface area contributed by atoms with Crippen LogP contribution in [-0.2, 0) is 0 Å². The standard InChI is InChI=1S/C40H27NO/c1-2-9-28(10-3-1)29-17-22-33(23-18-29)41(38-15-8-12-31-11-4-5-13-35(31)38)34-24-19-30(20-25-34)32-21-26-40-37(27-32)36-14-6-7-16-39(36)42-40/h1-27H/i17D,18D,19D,20D,22D,23D,24D,25D. The number of anilines is 3. The largest absolute Gasteiger partial charge is 0.456 e. The number of para-hydroxylation sites is 1. The lowest BCUT2D eigenvalue weighted by Crippen LogP contribution is -2.10. The first-order valence-corrected chi connectivity index (χ1v) is 13.6. The normalized spacial score (nSPS) is 14.0. The van der Waals surface area contributed by atoms with Crippen LogP contribution in [0.3, 0.4) is 0 Å². The molecule has 0 aliphatic rings. The third kappa shape index (κ3) is 4.22. The maximum Gasteiger partial charge on any atom is 0.135 e. The Kier molecular flexibility index (Phi) is 4.15. The van der Waals surface area contributed by atoms with Gasteiger partial charge >= 0.3 is 0 Å². The molecule has 198 valence electrons. The molecule has 0 aliphatic carbocycles. The van der Waals surface area contributed by atoms with E-state index in [1.54, 1.807) is 60.7 Å². The Hall–Kier alpha value is -5.60. The maximum absolute atomic E-state index is 9.38. The van der Waals surface area contributed by atoms with Gasteiger partial charge in [0.25, 0.3) is 0 Å². The quantitative estimate of drug-likeness (QED) is 0.214. The van der Waals surface area contributed by atoms with Crippen LogP contribution in [0.1, 0.15) is 11.0 Å². The summed E-state index contributed by atoms with van der Waals surface area (Å²) in [6, 6.07) is 31.6. The lowest BCUT2D eigenvalue weighted by molar-refractivity contribution is 0.669. The van der Waals surface area contributed by atoms with Crippen molar-refractivity contribution in [1.82, 2.24) is 0 Å². The van der Waals surface area contributed by atoms with Crippen molar-refractivity contribution in [2.24, 2.45) is 0 Å². The van der Waals surface area contributed by atoms with E-state index in [1.807, 2.05) is 54.6 Å². The molecule has 0 bridgehead atoms. The van der Waals surface area contributed by atoms with Gasteiger partial charge in [-0.15, -0.1) is 0 Å². The molecular formula is C40H27NO. The molecule has 0 fully saturated rings. The highest BCUT2D eigenvalue weighted by Crippen LogP contribution is 2.40. The number of benzene rings is 7. The molecule has 0 saturated heterocycles. The summed E-state index contributed by atoms with van der Waals surface area (Å²) < 4.78 is 79.9. The summed E-state index contributed by atoms with van der Waals surface area (Å²) in [5, 5.41) is 3.11. The SMILES string of the molecule is [2H]c1c([2H])c(N(c2c([2H])c([2H])c(-c3ccc4oc5ccccc5c4c3)c([2H])c2[2H])c2cccc3ccccc23)c([2H])c([2H])c1-c1ccccc1. The van der Waals surface area contributed by atoms with Gasteiger partial charge in [-0.1, -0.05) is 115 Å². The Balaban J connectivity index is 1.42. The van der Waals surface area contributed by atoms with E-state index in [0.29, 0.717) is 33.4 Å². The highest BCUT2D eigenvalue weighted by atomic mass is 16.3. The fraction of sp³-hybridized carbons (Fsp3) is 0. The number of furan rings is 1. The molecule has 0 N–H and O–H groups in total. The highest BCUT2D eigenvalue weighted by Gasteiger charge is 2.16. The first-order chi connectivity index (χ1) is 24.2. The molecule has 0 amide bonds. The van der Waals surface area contributed by atoms with Gasteiger partial charge in [0.2, 0.25) is 0 Å². The van der Waals surface area contributed by atoms with Crippen LogP contribution in [0.25, 0.3) is 55.0 Å². The predicted octanol–water partition coefficient (Wildman–Crippen LogP) is 11.5. The van der Waals surface area contributed by atoms with Crippen LogP contribution in [0.4, 0.5) is 17.1 Å². The molecule has 42 heavy (non-hydrogen) atoms. The fourth-order valence-corrected chi connectivity index (χ4v) is 5.37. The summed E-state index contributed by atoms with van der Waals surface area (Å²) in [5.74, 6) is 0. The lowest BCUT2D eigenvalue weighted by atomic mass is 10.0. The average molecular weight is 546 g/mol. The van der Waals surface area contributed by atoms with E-state index >= 15 is 0 Å². The summed E-state index contributed by atoms with van der Waals surface area (Å²) in [6.07, 6.45) is 0. The molecule has 8 rings (SSSR count). The Morgan fingerprint density at radius 1 is 0.429 bits per heavy atom. The van der Waals surface area contributed by atoms with E-state index in [4.69, 9.17) is 7.16 Å². The van der Waals surface area contributed by atoms with E-state index in [-0.39, 0.29) is 58.8 Å².